The van der Waals surface area contributed by atoms with Gasteiger partial charge in [0.25, 0.3) is 0 Å². The molecule has 8 heteroatoms. The van der Waals surface area contributed by atoms with Gasteiger partial charge in [0.1, 0.15) is 5.69 Å². The maximum absolute atomic E-state index is 12.2. The Labute approximate surface area is 215 Å². The topological polar surface area (TPSA) is 103 Å². The molecule has 0 spiro atoms. The molecule has 1 saturated heterocycles. The third-order valence-electron chi connectivity index (χ3n) is 7.12. The number of carbonyl (C=O) groups excluding carboxylic acids is 1. The van der Waals surface area contributed by atoms with Crippen LogP contribution in [0.2, 0.25) is 0 Å². The number of piperidine rings is 1. The van der Waals surface area contributed by atoms with Crippen molar-refractivity contribution in [1.82, 2.24) is 25.1 Å². The first-order valence-electron chi connectivity index (χ1n) is 13.2. The van der Waals surface area contributed by atoms with Gasteiger partial charge in [-0.3, -0.25) is 19.9 Å². The van der Waals surface area contributed by atoms with E-state index in [0.717, 1.165) is 65.0 Å². The Kier molecular flexibility index (Phi) is 6.30. The van der Waals surface area contributed by atoms with Gasteiger partial charge in [0.05, 0.1) is 35.0 Å². The van der Waals surface area contributed by atoms with Gasteiger partial charge in [0.2, 0.25) is 5.91 Å². The van der Waals surface area contributed by atoms with Crippen molar-refractivity contribution in [1.29, 1.82) is 0 Å². The molecule has 0 saturated carbocycles. The van der Waals surface area contributed by atoms with Crippen LogP contribution in [0.5, 0.6) is 0 Å². The quantitative estimate of drug-likeness (QED) is 0.247. The van der Waals surface area contributed by atoms with Gasteiger partial charge < -0.3 is 15.2 Å². The lowest BCUT2D eigenvalue weighted by atomic mass is 10.1. The maximum Gasteiger partial charge on any atom is 0.224 e. The molecule has 6 rings (SSSR count). The molecule has 4 aromatic heterocycles. The molecule has 1 amide bonds. The van der Waals surface area contributed by atoms with Crippen LogP contribution in [0, 0.1) is 0 Å². The van der Waals surface area contributed by atoms with Crippen molar-refractivity contribution in [3.8, 4) is 22.6 Å². The van der Waals surface area contributed by atoms with Crippen LogP contribution in [0.1, 0.15) is 45.4 Å². The van der Waals surface area contributed by atoms with E-state index in [9.17, 15) is 4.79 Å². The minimum atomic E-state index is 0.00376. The van der Waals surface area contributed by atoms with Crippen LogP contribution in [-0.2, 0) is 4.79 Å². The van der Waals surface area contributed by atoms with E-state index in [0.29, 0.717) is 12.1 Å². The van der Waals surface area contributed by atoms with Crippen molar-refractivity contribution in [2.75, 3.05) is 23.3 Å². The first kappa shape index (κ1) is 23.2. The molecule has 1 aliphatic rings. The molecule has 1 aliphatic heterocycles. The van der Waals surface area contributed by atoms with Gasteiger partial charge in [-0.15, -0.1) is 0 Å². The summed E-state index contributed by atoms with van der Waals surface area (Å²) < 4.78 is 0. The predicted octanol–water partition coefficient (Wildman–Crippen LogP) is 6.29. The Balaban J connectivity index is 1.34. The van der Waals surface area contributed by atoms with E-state index in [1.54, 1.807) is 18.6 Å². The highest BCUT2D eigenvalue weighted by Gasteiger charge is 2.18. The third-order valence-corrected chi connectivity index (χ3v) is 7.12. The Morgan fingerprint density at radius 3 is 2.78 bits per heavy atom. The number of pyridine rings is 2. The van der Waals surface area contributed by atoms with E-state index in [4.69, 9.17) is 0 Å². The lowest BCUT2D eigenvalue weighted by Crippen LogP contribution is -2.29. The summed E-state index contributed by atoms with van der Waals surface area (Å²) in [5.74, 6) is 0.00376. The van der Waals surface area contributed by atoms with Crippen molar-refractivity contribution < 1.29 is 4.79 Å². The summed E-state index contributed by atoms with van der Waals surface area (Å²) in [6.07, 6.45) is 11.4. The standard InChI is InChI=1S/C29H31N7O/c1-2-3-10-28(37)32-20-13-19(16-30-17-20)24-15-22-26(18-31-24)34-35-29(22)25-14-21-23(33-25)8-7-9-27(21)36-11-5-4-6-12-36/h7-9,13-18,33H,2-6,10-12H2,1H3,(H,32,37)(H,34,35). The van der Waals surface area contributed by atoms with Gasteiger partial charge >= 0.3 is 0 Å². The van der Waals surface area contributed by atoms with Crippen molar-refractivity contribution in [3.05, 3.63) is 55.0 Å². The number of H-pyrrole nitrogens is 2. The first-order valence-corrected chi connectivity index (χ1v) is 13.2. The minimum absolute atomic E-state index is 0.00376. The number of fused-ring (bicyclic) bond motifs is 2. The molecule has 188 valence electrons. The number of anilines is 2. The maximum atomic E-state index is 12.2. The molecule has 1 aromatic carbocycles. The highest BCUT2D eigenvalue weighted by Crippen LogP contribution is 2.35. The van der Waals surface area contributed by atoms with Gasteiger partial charge in [-0.1, -0.05) is 19.4 Å². The molecule has 0 unspecified atom stereocenters. The van der Waals surface area contributed by atoms with Crippen LogP contribution >= 0.6 is 0 Å². The van der Waals surface area contributed by atoms with E-state index in [1.807, 2.05) is 12.1 Å². The molecular weight excluding hydrogens is 462 g/mol. The van der Waals surface area contributed by atoms with Crippen LogP contribution in [0.15, 0.2) is 55.0 Å². The fourth-order valence-electron chi connectivity index (χ4n) is 5.17. The molecule has 8 nitrogen and oxygen atoms in total. The van der Waals surface area contributed by atoms with E-state index in [2.05, 4.69) is 66.6 Å². The number of nitrogens with one attached hydrogen (secondary N) is 3. The van der Waals surface area contributed by atoms with E-state index >= 15 is 0 Å². The summed E-state index contributed by atoms with van der Waals surface area (Å²) >= 11 is 0. The fraction of sp³-hybridized carbons (Fsp3) is 0.310. The number of unbranched alkanes of at least 4 members (excludes halogenated alkanes) is 1. The number of rotatable bonds is 7. The van der Waals surface area contributed by atoms with E-state index in [-0.39, 0.29) is 5.91 Å². The molecular formula is C29H31N7O. The number of aromatic amines is 2. The number of carbonyl (C=O) groups is 1. The minimum Gasteiger partial charge on any atom is -0.371 e. The van der Waals surface area contributed by atoms with Crippen LogP contribution in [0.3, 0.4) is 0 Å². The summed E-state index contributed by atoms with van der Waals surface area (Å²) in [4.78, 5) is 27.2. The molecule has 37 heavy (non-hydrogen) atoms. The van der Waals surface area contributed by atoms with E-state index in [1.165, 1.54) is 30.3 Å². The summed E-state index contributed by atoms with van der Waals surface area (Å²) in [7, 11) is 0. The second-order valence-electron chi connectivity index (χ2n) is 9.77. The Morgan fingerprint density at radius 1 is 1.03 bits per heavy atom. The third kappa shape index (κ3) is 4.67. The Morgan fingerprint density at radius 2 is 1.92 bits per heavy atom. The van der Waals surface area contributed by atoms with Crippen molar-refractivity contribution in [2.24, 2.45) is 0 Å². The zero-order valence-corrected chi connectivity index (χ0v) is 21.1. The van der Waals surface area contributed by atoms with E-state index < -0.39 is 0 Å². The lowest BCUT2D eigenvalue weighted by Gasteiger charge is -2.29. The van der Waals surface area contributed by atoms with Crippen molar-refractivity contribution in [2.45, 2.75) is 45.4 Å². The van der Waals surface area contributed by atoms with Gasteiger partial charge in [-0.25, -0.2) is 0 Å². The lowest BCUT2D eigenvalue weighted by molar-refractivity contribution is -0.116. The highest BCUT2D eigenvalue weighted by atomic mass is 16.1. The van der Waals surface area contributed by atoms with Crippen molar-refractivity contribution in [3.63, 3.8) is 0 Å². The molecule has 0 bridgehead atoms. The van der Waals surface area contributed by atoms with Crippen LogP contribution in [-0.4, -0.2) is 44.1 Å². The SMILES string of the molecule is CCCCC(=O)Nc1cncc(-c2cc3c(-c4cc5c(N6CCCCC6)cccc5[nH]4)n[nH]c3cn2)c1. The van der Waals surface area contributed by atoms with Crippen LogP contribution in [0.25, 0.3) is 44.5 Å². The number of aromatic nitrogens is 5. The first-order chi connectivity index (χ1) is 18.2. The Hall–Kier alpha value is -4.20. The van der Waals surface area contributed by atoms with Crippen LogP contribution < -0.4 is 10.2 Å². The summed E-state index contributed by atoms with van der Waals surface area (Å²) in [5, 5.41) is 12.9. The number of benzene rings is 1. The predicted molar refractivity (Wildman–Crippen MR) is 149 cm³/mol. The average molecular weight is 494 g/mol. The van der Waals surface area contributed by atoms with Gasteiger partial charge in [0.15, 0.2) is 0 Å². The molecule has 0 radical (unpaired) electrons. The normalized spacial score (nSPS) is 13.9. The monoisotopic (exact) mass is 493 g/mol. The summed E-state index contributed by atoms with van der Waals surface area (Å²) in [6.45, 7) is 4.28. The zero-order chi connectivity index (χ0) is 25.2. The molecule has 1 fully saturated rings. The fourth-order valence-corrected chi connectivity index (χ4v) is 5.17. The Bertz CT molecular complexity index is 1560. The number of hydrogen-bond acceptors (Lipinski definition) is 5. The molecule has 5 heterocycles. The zero-order valence-electron chi connectivity index (χ0n) is 21.1. The van der Waals surface area contributed by atoms with Gasteiger partial charge in [-0.05, 0) is 56.0 Å². The largest absolute Gasteiger partial charge is 0.371 e. The summed E-state index contributed by atoms with van der Waals surface area (Å²) in [6, 6.07) is 12.6. The highest BCUT2D eigenvalue weighted by molar-refractivity contribution is 6.00. The smallest absolute Gasteiger partial charge is 0.224 e. The number of amides is 1. The average Bonchev–Trinajstić information content (AvgIpc) is 3.56. The number of nitrogens with zero attached hydrogens (tertiary/aromatic N) is 4. The molecule has 3 N–H and O–H groups in total. The van der Waals surface area contributed by atoms with Crippen LogP contribution in [0.4, 0.5) is 11.4 Å². The van der Waals surface area contributed by atoms with Gasteiger partial charge in [-0.2, -0.15) is 5.10 Å². The van der Waals surface area contributed by atoms with Gasteiger partial charge in [0, 0.05) is 53.2 Å². The summed E-state index contributed by atoms with van der Waals surface area (Å²) in [5.41, 5.74) is 7.38. The number of hydrogen-bond donors (Lipinski definition) is 3. The molecule has 5 aromatic rings. The second kappa shape index (κ2) is 10.0. The molecule has 0 atom stereocenters. The second-order valence-corrected chi connectivity index (χ2v) is 9.77. The van der Waals surface area contributed by atoms with Crippen molar-refractivity contribution >= 4 is 39.1 Å². The molecule has 0 aliphatic carbocycles.